The molecule has 13 nitrogen and oxygen atoms in total. The number of carbonyl (C=O) groups excluding carboxylic acids is 2. The average Bonchev–Trinajstić information content (AvgIpc) is 3.63. The molecule has 3 aliphatic heterocycles. The highest BCUT2D eigenvalue weighted by molar-refractivity contribution is 5.90. The van der Waals surface area contributed by atoms with Crippen LogP contribution in [0.4, 0.5) is 26.4 Å². The number of rotatable bonds is 8. The second kappa shape index (κ2) is 11.2. The number of imidazole rings is 1. The SMILES string of the molecule is CC(=O)NC[C@H]1CN(c2ccc(-c3ccc(N4CCN(CC5(C)Cn6cc([N+](=O)[O-])nc6O5)CC4)cc3)c(F)c2)C(=O)O1. The van der Waals surface area contributed by atoms with Crippen molar-refractivity contribution in [3.8, 4) is 17.1 Å². The van der Waals surface area contributed by atoms with Gasteiger partial charge in [0.1, 0.15) is 23.7 Å². The number of hydrogen-bond acceptors (Lipinski definition) is 9. The van der Waals surface area contributed by atoms with Crippen LogP contribution in [0.15, 0.2) is 48.7 Å². The molecule has 1 aromatic heterocycles. The van der Waals surface area contributed by atoms with Crippen molar-refractivity contribution in [3.05, 3.63) is 64.6 Å². The van der Waals surface area contributed by atoms with Gasteiger partial charge in [0, 0.05) is 55.9 Å². The number of carbonyl (C=O) groups is 2. The van der Waals surface area contributed by atoms with Crippen LogP contribution in [0, 0.1) is 15.9 Å². The highest BCUT2D eigenvalue weighted by atomic mass is 19.1. The molecular weight excluding hydrogens is 561 g/mol. The lowest BCUT2D eigenvalue weighted by atomic mass is 10.0. The molecule has 0 saturated carbocycles. The van der Waals surface area contributed by atoms with E-state index in [9.17, 15) is 19.7 Å². The van der Waals surface area contributed by atoms with E-state index in [1.807, 2.05) is 31.2 Å². The van der Waals surface area contributed by atoms with Gasteiger partial charge in [-0.25, -0.2) is 9.18 Å². The van der Waals surface area contributed by atoms with E-state index in [0.717, 1.165) is 37.4 Å². The number of ether oxygens (including phenoxy) is 2. The van der Waals surface area contributed by atoms with Crippen LogP contribution in [-0.4, -0.2) is 88.9 Å². The maximum atomic E-state index is 15.2. The summed E-state index contributed by atoms with van der Waals surface area (Å²) in [5.74, 6) is -0.870. The summed E-state index contributed by atoms with van der Waals surface area (Å²) in [4.78, 5) is 43.8. The molecule has 0 bridgehead atoms. The van der Waals surface area contributed by atoms with Crippen LogP contribution in [0.2, 0.25) is 0 Å². The Labute approximate surface area is 246 Å². The van der Waals surface area contributed by atoms with E-state index in [1.165, 1.54) is 24.1 Å². The summed E-state index contributed by atoms with van der Waals surface area (Å²) in [7, 11) is 0. The number of piperazine rings is 1. The first-order chi connectivity index (χ1) is 20.6. The predicted octanol–water partition coefficient (Wildman–Crippen LogP) is 3.03. The Balaban J connectivity index is 1.03. The predicted molar refractivity (Wildman–Crippen MR) is 155 cm³/mol. The van der Waals surface area contributed by atoms with Gasteiger partial charge in [-0.2, -0.15) is 0 Å². The summed E-state index contributed by atoms with van der Waals surface area (Å²) in [6, 6.07) is 12.7. The lowest BCUT2D eigenvalue weighted by Crippen LogP contribution is -2.52. The molecule has 0 aliphatic carbocycles. The minimum absolute atomic E-state index is 0.203. The number of fused-ring (bicyclic) bond motifs is 1. The Morgan fingerprint density at radius 1 is 1.16 bits per heavy atom. The minimum Gasteiger partial charge on any atom is -0.442 e. The number of aromatic nitrogens is 2. The summed E-state index contributed by atoms with van der Waals surface area (Å²) >= 11 is 0. The third-order valence-electron chi connectivity index (χ3n) is 7.95. The number of cyclic esters (lactones) is 1. The van der Waals surface area contributed by atoms with Crippen molar-refractivity contribution >= 4 is 29.2 Å². The Morgan fingerprint density at radius 3 is 2.53 bits per heavy atom. The van der Waals surface area contributed by atoms with Crippen LogP contribution >= 0.6 is 0 Å². The van der Waals surface area contributed by atoms with Crippen molar-refractivity contribution in [1.29, 1.82) is 0 Å². The van der Waals surface area contributed by atoms with Crippen molar-refractivity contribution in [2.24, 2.45) is 0 Å². The van der Waals surface area contributed by atoms with Crippen LogP contribution in [0.25, 0.3) is 11.1 Å². The van der Waals surface area contributed by atoms with Gasteiger partial charge < -0.3 is 29.8 Å². The minimum atomic E-state index is -0.574. The molecule has 1 unspecified atom stereocenters. The fraction of sp³-hybridized carbons (Fsp3) is 0.414. The number of nitrogens with one attached hydrogen (secondary N) is 1. The van der Waals surface area contributed by atoms with Gasteiger partial charge in [-0.3, -0.25) is 19.2 Å². The van der Waals surface area contributed by atoms with Gasteiger partial charge in [0.05, 0.1) is 25.3 Å². The number of amides is 2. The Hall–Kier alpha value is -4.72. The summed E-state index contributed by atoms with van der Waals surface area (Å²) in [6.45, 7) is 8.25. The molecule has 0 radical (unpaired) electrons. The molecule has 14 heteroatoms. The monoisotopic (exact) mass is 593 g/mol. The van der Waals surface area contributed by atoms with Gasteiger partial charge in [0.25, 0.3) is 0 Å². The van der Waals surface area contributed by atoms with E-state index in [1.54, 1.807) is 16.7 Å². The molecule has 3 aromatic rings. The Kier molecular flexibility index (Phi) is 7.38. The number of nitro groups is 1. The molecular formula is C29H32FN7O6. The first-order valence-electron chi connectivity index (χ1n) is 14.1. The molecule has 0 spiro atoms. The first kappa shape index (κ1) is 28.4. The normalized spacial score (nSPS) is 21.8. The molecule has 2 fully saturated rings. The van der Waals surface area contributed by atoms with Gasteiger partial charge >= 0.3 is 17.9 Å². The maximum Gasteiger partial charge on any atom is 0.415 e. The van der Waals surface area contributed by atoms with Gasteiger partial charge in [-0.15, -0.1) is 0 Å². The van der Waals surface area contributed by atoms with Gasteiger partial charge in [0.15, 0.2) is 0 Å². The van der Waals surface area contributed by atoms with E-state index in [2.05, 4.69) is 20.1 Å². The number of halogens is 1. The quantitative estimate of drug-likeness (QED) is 0.309. The second-order valence-electron chi connectivity index (χ2n) is 11.3. The molecule has 2 amide bonds. The molecule has 1 N–H and O–H groups in total. The zero-order valence-corrected chi connectivity index (χ0v) is 23.9. The first-order valence-corrected chi connectivity index (χ1v) is 14.1. The maximum absolute atomic E-state index is 15.2. The van der Waals surface area contributed by atoms with Crippen LogP contribution in [0.1, 0.15) is 13.8 Å². The third-order valence-corrected chi connectivity index (χ3v) is 7.95. The largest absolute Gasteiger partial charge is 0.442 e. The number of anilines is 2. The van der Waals surface area contributed by atoms with Crippen molar-refractivity contribution in [2.45, 2.75) is 32.1 Å². The van der Waals surface area contributed by atoms with E-state index in [0.29, 0.717) is 24.3 Å². The van der Waals surface area contributed by atoms with E-state index in [-0.39, 0.29) is 30.8 Å². The molecule has 6 rings (SSSR count). The standard InChI is InChI=1S/C29H32FN7O6/c1-19(38)31-14-23-15-36(28(39)42-23)22-7-8-24(25(30)13-22)20-3-5-21(6-4-20)34-11-9-33(10-12-34)17-29(2)18-35-16-26(37(40)41)32-27(35)43-29/h3-8,13,16,23H,9-12,14-15,17-18H2,1-2H3,(H,31,38)/t23-,29?/m0/s1. The highest BCUT2D eigenvalue weighted by Crippen LogP contribution is 2.33. The molecule has 2 saturated heterocycles. The molecule has 2 atom stereocenters. The van der Waals surface area contributed by atoms with E-state index < -0.39 is 28.5 Å². The number of hydrogen-bond donors (Lipinski definition) is 1. The lowest BCUT2D eigenvalue weighted by molar-refractivity contribution is -0.389. The van der Waals surface area contributed by atoms with Crippen LogP contribution in [0.5, 0.6) is 6.01 Å². The third kappa shape index (κ3) is 5.95. The molecule has 4 heterocycles. The van der Waals surface area contributed by atoms with Crippen LogP contribution < -0.4 is 19.9 Å². The summed E-state index contributed by atoms with van der Waals surface area (Å²) in [5, 5.41) is 13.6. The lowest BCUT2D eigenvalue weighted by Gasteiger charge is -2.39. The van der Waals surface area contributed by atoms with Crippen molar-refractivity contribution in [2.75, 3.05) is 55.6 Å². The molecule has 3 aliphatic rings. The Bertz CT molecular complexity index is 1530. The van der Waals surface area contributed by atoms with Gasteiger partial charge in [0.2, 0.25) is 5.91 Å². The highest BCUT2D eigenvalue weighted by Gasteiger charge is 2.42. The fourth-order valence-electron chi connectivity index (χ4n) is 5.85. The smallest absolute Gasteiger partial charge is 0.415 e. The van der Waals surface area contributed by atoms with Gasteiger partial charge in [-0.05, 0) is 47.7 Å². The van der Waals surface area contributed by atoms with Crippen molar-refractivity contribution in [1.82, 2.24) is 19.8 Å². The van der Waals surface area contributed by atoms with E-state index >= 15 is 4.39 Å². The van der Waals surface area contributed by atoms with Crippen LogP contribution in [-0.2, 0) is 16.1 Å². The topological polar surface area (TPSA) is 135 Å². The average molecular weight is 594 g/mol. The molecule has 2 aromatic carbocycles. The number of nitrogens with zero attached hydrogens (tertiary/aromatic N) is 6. The summed E-state index contributed by atoms with van der Waals surface area (Å²) in [6.07, 6.45) is 0.345. The van der Waals surface area contributed by atoms with Gasteiger partial charge in [-0.1, -0.05) is 12.1 Å². The summed E-state index contributed by atoms with van der Waals surface area (Å²) in [5.41, 5.74) is 2.08. The van der Waals surface area contributed by atoms with Crippen molar-refractivity contribution < 1.29 is 28.4 Å². The molecule has 226 valence electrons. The fourth-order valence-corrected chi connectivity index (χ4v) is 5.85. The zero-order valence-electron chi connectivity index (χ0n) is 23.9. The van der Waals surface area contributed by atoms with Crippen molar-refractivity contribution in [3.63, 3.8) is 0 Å². The van der Waals surface area contributed by atoms with Crippen LogP contribution in [0.3, 0.4) is 0 Å². The van der Waals surface area contributed by atoms with E-state index in [4.69, 9.17) is 9.47 Å². The summed E-state index contributed by atoms with van der Waals surface area (Å²) < 4.78 is 28.2. The zero-order chi connectivity index (χ0) is 30.3. The second-order valence-corrected chi connectivity index (χ2v) is 11.3. The number of benzene rings is 2. The molecule has 43 heavy (non-hydrogen) atoms. The Morgan fingerprint density at radius 2 is 1.88 bits per heavy atom.